The Bertz CT molecular complexity index is 712. The van der Waals surface area contributed by atoms with Crippen molar-refractivity contribution in [1.29, 1.82) is 5.26 Å². The first-order valence-electron chi connectivity index (χ1n) is 9.09. The fourth-order valence-electron chi connectivity index (χ4n) is 3.77. The number of rotatable bonds is 6. The molecule has 0 amide bonds. The predicted octanol–water partition coefficient (Wildman–Crippen LogP) is 4.23. The highest BCUT2D eigenvalue weighted by atomic mass is 16.5. The highest BCUT2D eigenvalue weighted by Crippen LogP contribution is 2.40. The molecule has 0 atom stereocenters. The van der Waals surface area contributed by atoms with Crippen LogP contribution in [-0.2, 0) is 11.8 Å². The molecule has 0 saturated heterocycles. The number of nitriles is 1. The second-order valence-corrected chi connectivity index (χ2v) is 6.89. The van der Waals surface area contributed by atoms with Crippen LogP contribution in [-0.4, -0.2) is 19.7 Å². The minimum atomic E-state index is -0.369. The Morgan fingerprint density at radius 3 is 2.56 bits per heavy atom. The molecule has 3 rings (SSSR count). The Kier molecular flexibility index (Phi) is 5.73. The van der Waals surface area contributed by atoms with Gasteiger partial charge in [0.1, 0.15) is 5.75 Å². The van der Waals surface area contributed by atoms with Gasteiger partial charge in [-0.15, -0.1) is 0 Å². The SMILES string of the molecule is COc1cccc(C2(C#N)CCC(NCCc3ccccc3)CC2)c1. The fraction of sp³-hybridized carbons (Fsp3) is 0.409. The summed E-state index contributed by atoms with van der Waals surface area (Å²) in [5.74, 6) is 0.829. The molecular formula is C22H26N2O. The van der Waals surface area contributed by atoms with Crippen LogP contribution < -0.4 is 10.1 Å². The molecule has 130 valence electrons. The largest absolute Gasteiger partial charge is 0.497 e. The lowest BCUT2D eigenvalue weighted by Gasteiger charge is -2.36. The zero-order valence-electron chi connectivity index (χ0n) is 14.9. The standard InChI is InChI=1S/C22H26N2O/c1-25-21-9-5-8-19(16-21)22(17-23)13-10-20(11-14-22)24-15-12-18-6-3-2-4-7-18/h2-9,16,20,24H,10-15H2,1H3. The molecule has 0 spiro atoms. The third-order valence-corrected chi connectivity index (χ3v) is 5.37. The van der Waals surface area contributed by atoms with Crippen molar-refractivity contribution in [1.82, 2.24) is 5.32 Å². The maximum absolute atomic E-state index is 9.86. The molecule has 1 N–H and O–H groups in total. The maximum atomic E-state index is 9.86. The Morgan fingerprint density at radius 2 is 1.88 bits per heavy atom. The van der Waals surface area contributed by atoms with Gasteiger partial charge in [0, 0.05) is 6.04 Å². The van der Waals surface area contributed by atoms with Crippen molar-refractivity contribution in [3.05, 3.63) is 65.7 Å². The van der Waals surface area contributed by atoms with Crippen molar-refractivity contribution < 1.29 is 4.74 Å². The predicted molar refractivity (Wildman–Crippen MR) is 101 cm³/mol. The fourth-order valence-corrected chi connectivity index (χ4v) is 3.77. The van der Waals surface area contributed by atoms with E-state index in [4.69, 9.17) is 4.74 Å². The lowest BCUT2D eigenvalue weighted by molar-refractivity contribution is 0.296. The lowest BCUT2D eigenvalue weighted by atomic mass is 9.69. The van der Waals surface area contributed by atoms with Gasteiger partial charge in [-0.2, -0.15) is 5.26 Å². The second kappa shape index (κ2) is 8.18. The molecule has 2 aromatic carbocycles. The van der Waals surface area contributed by atoms with Crippen LogP contribution in [0, 0.1) is 11.3 Å². The first kappa shape index (κ1) is 17.5. The van der Waals surface area contributed by atoms with E-state index < -0.39 is 0 Å². The summed E-state index contributed by atoms with van der Waals surface area (Å²) in [5.41, 5.74) is 2.09. The minimum absolute atomic E-state index is 0.369. The van der Waals surface area contributed by atoms with Crippen LogP contribution >= 0.6 is 0 Å². The summed E-state index contributed by atoms with van der Waals surface area (Å²) in [4.78, 5) is 0. The molecular weight excluding hydrogens is 308 g/mol. The summed E-state index contributed by atoms with van der Waals surface area (Å²) in [6.07, 6.45) is 4.94. The summed E-state index contributed by atoms with van der Waals surface area (Å²) in [5, 5.41) is 13.5. The van der Waals surface area contributed by atoms with E-state index >= 15 is 0 Å². The number of hydrogen-bond acceptors (Lipinski definition) is 3. The summed E-state index contributed by atoms with van der Waals surface area (Å²) < 4.78 is 5.33. The van der Waals surface area contributed by atoms with Gasteiger partial charge >= 0.3 is 0 Å². The Morgan fingerprint density at radius 1 is 1.12 bits per heavy atom. The van der Waals surface area contributed by atoms with E-state index in [1.807, 2.05) is 18.2 Å². The van der Waals surface area contributed by atoms with Crippen LogP contribution in [0.2, 0.25) is 0 Å². The van der Waals surface area contributed by atoms with Gasteiger partial charge in [-0.05, 0) is 61.9 Å². The topological polar surface area (TPSA) is 45.0 Å². The molecule has 2 aromatic rings. The van der Waals surface area contributed by atoms with E-state index in [9.17, 15) is 5.26 Å². The van der Waals surface area contributed by atoms with E-state index in [1.165, 1.54) is 5.56 Å². The molecule has 0 aromatic heterocycles. The summed E-state index contributed by atoms with van der Waals surface area (Å²) in [7, 11) is 1.67. The molecule has 1 fully saturated rings. The quantitative estimate of drug-likeness (QED) is 0.860. The van der Waals surface area contributed by atoms with E-state index in [-0.39, 0.29) is 5.41 Å². The summed E-state index contributed by atoms with van der Waals surface area (Å²) in [6, 6.07) is 21.7. The number of methoxy groups -OCH3 is 1. The van der Waals surface area contributed by atoms with Gasteiger partial charge in [-0.3, -0.25) is 0 Å². The number of nitrogens with one attached hydrogen (secondary N) is 1. The first-order valence-corrected chi connectivity index (χ1v) is 9.09. The zero-order chi connectivity index (χ0) is 17.5. The van der Waals surface area contributed by atoms with E-state index in [2.05, 4.69) is 47.8 Å². The molecule has 0 aliphatic heterocycles. The van der Waals surface area contributed by atoms with Gasteiger partial charge in [0.15, 0.2) is 0 Å². The summed E-state index contributed by atoms with van der Waals surface area (Å²) in [6.45, 7) is 0.993. The zero-order valence-corrected chi connectivity index (χ0v) is 14.9. The Labute approximate surface area is 150 Å². The van der Waals surface area contributed by atoms with Crippen LogP contribution in [0.25, 0.3) is 0 Å². The van der Waals surface area contributed by atoms with Crippen LogP contribution in [0.5, 0.6) is 5.75 Å². The highest BCUT2D eigenvalue weighted by molar-refractivity contribution is 5.38. The van der Waals surface area contributed by atoms with Crippen LogP contribution in [0.15, 0.2) is 54.6 Å². The normalized spacial score (nSPS) is 23.0. The third kappa shape index (κ3) is 4.21. The van der Waals surface area contributed by atoms with Crippen molar-refractivity contribution in [2.75, 3.05) is 13.7 Å². The number of nitrogens with zero attached hydrogens (tertiary/aromatic N) is 1. The van der Waals surface area contributed by atoms with Crippen LogP contribution in [0.1, 0.15) is 36.8 Å². The third-order valence-electron chi connectivity index (χ3n) is 5.37. The minimum Gasteiger partial charge on any atom is -0.497 e. The average Bonchev–Trinajstić information content (AvgIpc) is 2.69. The number of ether oxygens (including phenoxy) is 1. The molecule has 3 nitrogen and oxygen atoms in total. The second-order valence-electron chi connectivity index (χ2n) is 6.89. The smallest absolute Gasteiger partial charge is 0.119 e. The van der Waals surface area contributed by atoms with Crippen LogP contribution in [0.4, 0.5) is 0 Å². The van der Waals surface area contributed by atoms with Crippen molar-refractivity contribution in [3.8, 4) is 11.8 Å². The molecule has 1 aliphatic carbocycles. The van der Waals surface area contributed by atoms with Crippen molar-refractivity contribution >= 4 is 0 Å². The lowest BCUT2D eigenvalue weighted by Crippen LogP contribution is -2.39. The van der Waals surface area contributed by atoms with Crippen molar-refractivity contribution in [2.45, 2.75) is 43.6 Å². The molecule has 3 heteroatoms. The van der Waals surface area contributed by atoms with E-state index in [0.29, 0.717) is 6.04 Å². The average molecular weight is 334 g/mol. The molecule has 0 heterocycles. The maximum Gasteiger partial charge on any atom is 0.119 e. The van der Waals surface area contributed by atoms with Gasteiger partial charge in [-0.1, -0.05) is 42.5 Å². The van der Waals surface area contributed by atoms with Gasteiger partial charge in [0.2, 0.25) is 0 Å². The highest BCUT2D eigenvalue weighted by Gasteiger charge is 2.37. The summed E-state index contributed by atoms with van der Waals surface area (Å²) >= 11 is 0. The Hall–Kier alpha value is -2.31. The van der Waals surface area contributed by atoms with Crippen molar-refractivity contribution in [3.63, 3.8) is 0 Å². The monoisotopic (exact) mass is 334 g/mol. The van der Waals surface area contributed by atoms with Gasteiger partial charge in [-0.25, -0.2) is 0 Å². The van der Waals surface area contributed by atoms with Gasteiger partial charge < -0.3 is 10.1 Å². The number of hydrogen-bond donors (Lipinski definition) is 1. The van der Waals surface area contributed by atoms with Gasteiger partial charge in [0.25, 0.3) is 0 Å². The van der Waals surface area contributed by atoms with E-state index in [1.54, 1.807) is 7.11 Å². The molecule has 0 radical (unpaired) electrons. The molecule has 0 bridgehead atoms. The van der Waals surface area contributed by atoms with Gasteiger partial charge in [0.05, 0.1) is 18.6 Å². The molecule has 0 unspecified atom stereocenters. The number of benzene rings is 2. The molecule has 1 saturated carbocycles. The van der Waals surface area contributed by atoms with Crippen LogP contribution in [0.3, 0.4) is 0 Å². The van der Waals surface area contributed by atoms with E-state index in [0.717, 1.165) is 50.0 Å². The molecule has 1 aliphatic rings. The van der Waals surface area contributed by atoms with Crippen molar-refractivity contribution in [2.24, 2.45) is 0 Å². The first-order chi connectivity index (χ1) is 12.3. The Balaban J connectivity index is 1.55. The molecule has 25 heavy (non-hydrogen) atoms.